The third-order valence-electron chi connectivity index (χ3n) is 3.51. The molecule has 2 N–H and O–H groups in total. The molecule has 1 amide bonds. The molecular weight excluding hydrogens is 308 g/mol. The first-order valence-corrected chi connectivity index (χ1v) is 7.63. The highest BCUT2D eigenvalue weighted by molar-refractivity contribution is 5.96. The van der Waals surface area contributed by atoms with Crippen LogP contribution in [0, 0.1) is 0 Å². The molecule has 6 nitrogen and oxygen atoms in total. The number of benzene rings is 1. The zero-order valence-corrected chi connectivity index (χ0v) is 13.7. The van der Waals surface area contributed by atoms with Crippen molar-refractivity contribution < 1.29 is 19.4 Å². The summed E-state index contributed by atoms with van der Waals surface area (Å²) >= 11 is 0. The summed E-state index contributed by atoms with van der Waals surface area (Å²) in [5.41, 5.74) is -0.245. The summed E-state index contributed by atoms with van der Waals surface area (Å²) in [5, 5.41) is 12.1. The molecule has 0 radical (unpaired) electrons. The summed E-state index contributed by atoms with van der Waals surface area (Å²) in [5.74, 6) is -0.846. The molecule has 1 aromatic carbocycles. The van der Waals surface area contributed by atoms with Gasteiger partial charge in [0.2, 0.25) is 0 Å². The van der Waals surface area contributed by atoms with Crippen LogP contribution in [0.15, 0.2) is 48.7 Å². The lowest BCUT2D eigenvalue weighted by atomic mass is 9.92. The highest BCUT2D eigenvalue weighted by atomic mass is 16.5. The van der Waals surface area contributed by atoms with Crippen LogP contribution in [0.1, 0.15) is 29.9 Å². The van der Waals surface area contributed by atoms with Crippen molar-refractivity contribution in [2.24, 2.45) is 0 Å². The number of pyridine rings is 1. The zero-order valence-electron chi connectivity index (χ0n) is 13.7. The van der Waals surface area contributed by atoms with Crippen LogP contribution in [0.4, 0.5) is 0 Å². The Morgan fingerprint density at radius 2 is 1.92 bits per heavy atom. The maximum atomic E-state index is 12.4. The standard InChI is InChI=1S/C18H20N2O4/c1-3-24-17(23)18(2,12-13-7-9-14(21)10-8-13)20-16(22)15-6-4-5-11-19-15/h4-11,21H,3,12H2,1-2H3,(H,20,22)/t18-/m0/s1. The van der Waals surface area contributed by atoms with Gasteiger partial charge in [-0.3, -0.25) is 9.78 Å². The molecule has 6 heteroatoms. The monoisotopic (exact) mass is 328 g/mol. The smallest absolute Gasteiger partial charge is 0.331 e. The predicted molar refractivity (Wildman–Crippen MR) is 88.6 cm³/mol. The maximum absolute atomic E-state index is 12.4. The summed E-state index contributed by atoms with van der Waals surface area (Å²) in [6.07, 6.45) is 1.74. The topological polar surface area (TPSA) is 88.5 Å². The van der Waals surface area contributed by atoms with Gasteiger partial charge in [-0.15, -0.1) is 0 Å². The fourth-order valence-electron chi connectivity index (χ4n) is 2.29. The van der Waals surface area contributed by atoms with Crippen molar-refractivity contribution in [2.75, 3.05) is 6.61 Å². The van der Waals surface area contributed by atoms with Crippen molar-refractivity contribution >= 4 is 11.9 Å². The lowest BCUT2D eigenvalue weighted by Gasteiger charge is -2.28. The van der Waals surface area contributed by atoms with Crippen molar-refractivity contribution in [1.29, 1.82) is 0 Å². The minimum absolute atomic E-state index is 0.133. The number of amides is 1. The first-order chi connectivity index (χ1) is 11.4. The maximum Gasteiger partial charge on any atom is 0.331 e. The molecular formula is C18H20N2O4. The Labute approximate surface area is 140 Å². The third-order valence-corrected chi connectivity index (χ3v) is 3.51. The molecule has 2 rings (SSSR count). The van der Waals surface area contributed by atoms with Crippen molar-refractivity contribution in [3.8, 4) is 5.75 Å². The molecule has 2 aromatic rings. The number of aromatic hydroxyl groups is 1. The van der Waals surface area contributed by atoms with Gasteiger partial charge in [-0.05, 0) is 43.7 Å². The Bertz CT molecular complexity index is 701. The lowest BCUT2D eigenvalue weighted by molar-refractivity contribution is -0.150. The fraction of sp³-hybridized carbons (Fsp3) is 0.278. The van der Waals surface area contributed by atoms with Crippen LogP contribution in [-0.2, 0) is 16.0 Å². The number of nitrogens with zero attached hydrogens (tertiary/aromatic N) is 1. The van der Waals surface area contributed by atoms with Gasteiger partial charge in [-0.1, -0.05) is 18.2 Å². The van der Waals surface area contributed by atoms with Crippen molar-refractivity contribution in [3.63, 3.8) is 0 Å². The van der Waals surface area contributed by atoms with Gasteiger partial charge in [0.15, 0.2) is 0 Å². The van der Waals surface area contributed by atoms with E-state index in [-0.39, 0.29) is 24.5 Å². The number of rotatable bonds is 6. The summed E-state index contributed by atoms with van der Waals surface area (Å²) in [7, 11) is 0. The molecule has 0 aliphatic carbocycles. The first kappa shape index (κ1) is 17.5. The second kappa shape index (κ2) is 7.59. The van der Waals surface area contributed by atoms with Crippen molar-refractivity contribution in [3.05, 3.63) is 59.9 Å². The third kappa shape index (κ3) is 4.32. The van der Waals surface area contributed by atoms with Crippen molar-refractivity contribution in [2.45, 2.75) is 25.8 Å². The van der Waals surface area contributed by atoms with Gasteiger partial charge in [-0.2, -0.15) is 0 Å². The Morgan fingerprint density at radius 1 is 1.21 bits per heavy atom. The Hall–Kier alpha value is -2.89. The SMILES string of the molecule is CCOC(=O)[C@](C)(Cc1ccc(O)cc1)NC(=O)c1ccccn1. The summed E-state index contributed by atoms with van der Waals surface area (Å²) in [6.45, 7) is 3.53. The normalized spacial score (nSPS) is 12.9. The van der Waals surface area contributed by atoms with Gasteiger partial charge >= 0.3 is 5.97 Å². The fourth-order valence-corrected chi connectivity index (χ4v) is 2.29. The van der Waals surface area contributed by atoms with Crippen LogP contribution < -0.4 is 5.32 Å². The second-order valence-electron chi connectivity index (χ2n) is 5.56. The number of phenols is 1. The van der Waals surface area contributed by atoms with Gasteiger partial charge in [-0.25, -0.2) is 4.79 Å². The Kier molecular flexibility index (Phi) is 5.52. The minimum Gasteiger partial charge on any atom is -0.508 e. The molecule has 0 spiro atoms. The van der Waals surface area contributed by atoms with E-state index in [0.29, 0.717) is 0 Å². The summed E-state index contributed by atoms with van der Waals surface area (Å²) in [6, 6.07) is 11.4. The number of carbonyl (C=O) groups excluding carboxylic acids is 2. The van der Waals surface area contributed by atoms with Crippen LogP contribution in [0.2, 0.25) is 0 Å². The molecule has 0 fully saturated rings. The van der Waals surface area contributed by atoms with Gasteiger partial charge in [0.25, 0.3) is 5.91 Å². The van der Waals surface area contributed by atoms with E-state index in [4.69, 9.17) is 4.74 Å². The molecule has 0 saturated carbocycles. The minimum atomic E-state index is -1.25. The van der Waals surface area contributed by atoms with E-state index >= 15 is 0 Å². The molecule has 0 bridgehead atoms. The molecule has 1 heterocycles. The molecule has 24 heavy (non-hydrogen) atoms. The van der Waals surface area contributed by atoms with Crippen LogP contribution >= 0.6 is 0 Å². The molecule has 0 aliphatic rings. The summed E-state index contributed by atoms with van der Waals surface area (Å²) in [4.78, 5) is 28.8. The van der Waals surface area contributed by atoms with Gasteiger partial charge in [0.1, 0.15) is 17.0 Å². The number of aromatic nitrogens is 1. The molecule has 0 unspecified atom stereocenters. The number of hydrogen-bond acceptors (Lipinski definition) is 5. The second-order valence-corrected chi connectivity index (χ2v) is 5.56. The molecule has 0 saturated heterocycles. The van der Waals surface area contributed by atoms with Crippen LogP contribution in [0.5, 0.6) is 5.75 Å². The summed E-state index contributed by atoms with van der Waals surface area (Å²) < 4.78 is 5.12. The number of esters is 1. The number of nitrogens with one attached hydrogen (secondary N) is 1. The van der Waals surface area contributed by atoms with Crippen LogP contribution in [0.25, 0.3) is 0 Å². The van der Waals surface area contributed by atoms with E-state index < -0.39 is 17.4 Å². The van der Waals surface area contributed by atoms with E-state index in [9.17, 15) is 14.7 Å². The van der Waals surface area contributed by atoms with E-state index in [2.05, 4.69) is 10.3 Å². The number of ether oxygens (including phenoxy) is 1. The Balaban J connectivity index is 2.24. The predicted octanol–water partition coefficient (Wildman–Crippen LogP) is 2.08. The number of phenolic OH excluding ortho intramolecular Hbond substituents is 1. The molecule has 0 aliphatic heterocycles. The van der Waals surface area contributed by atoms with Gasteiger partial charge in [0.05, 0.1) is 6.61 Å². The van der Waals surface area contributed by atoms with E-state index in [0.717, 1.165) is 5.56 Å². The van der Waals surface area contributed by atoms with E-state index in [1.165, 1.54) is 18.3 Å². The quantitative estimate of drug-likeness (QED) is 0.793. The largest absolute Gasteiger partial charge is 0.508 e. The van der Waals surface area contributed by atoms with E-state index in [1.807, 2.05) is 0 Å². The van der Waals surface area contributed by atoms with Crippen molar-refractivity contribution in [1.82, 2.24) is 10.3 Å². The number of hydrogen-bond donors (Lipinski definition) is 2. The number of carbonyl (C=O) groups is 2. The highest BCUT2D eigenvalue weighted by Gasteiger charge is 2.37. The van der Waals surface area contributed by atoms with E-state index in [1.54, 1.807) is 44.2 Å². The lowest BCUT2D eigenvalue weighted by Crippen LogP contribution is -2.54. The zero-order chi connectivity index (χ0) is 17.6. The van der Waals surface area contributed by atoms with Gasteiger partial charge in [0, 0.05) is 12.6 Å². The average molecular weight is 328 g/mol. The molecule has 126 valence electrons. The Morgan fingerprint density at radius 3 is 2.50 bits per heavy atom. The average Bonchev–Trinajstić information content (AvgIpc) is 2.58. The van der Waals surface area contributed by atoms with Gasteiger partial charge < -0.3 is 15.2 Å². The highest BCUT2D eigenvalue weighted by Crippen LogP contribution is 2.18. The van der Waals surface area contributed by atoms with Crippen LogP contribution in [0.3, 0.4) is 0 Å². The molecule has 1 atom stereocenters. The first-order valence-electron chi connectivity index (χ1n) is 7.63. The van der Waals surface area contributed by atoms with Crippen LogP contribution in [-0.4, -0.2) is 34.1 Å². The molecule has 1 aromatic heterocycles.